The van der Waals surface area contributed by atoms with Crippen LogP contribution in [0.4, 0.5) is 4.39 Å². The van der Waals surface area contributed by atoms with Crippen molar-refractivity contribution in [3.8, 4) is 5.75 Å². The first-order chi connectivity index (χ1) is 6.45. The number of halogens is 2. The SMILES string of the molecule is N[C@H](C(=O)O)c1ccc(Cl)c(F)c1O. The van der Waals surface area contributed by atoms with Gasteiger partial charge in [0, 0.05) is 5.56 Å². The van der Waals surface area contributed by atoms with Gasteiger partial charge in [-0.1, -0.05) is 17.7 Å². The van der Waals surface area contributed by atoms with Crippen LogP contribution in [-0.2, 0) is 4.79 Å². The summed E-state index contributed by atoms with van der Waals surface area (Å²) in [4.78, 5) is 10.5. The number of phenolic OH excluding ortho intramolecular Hbond substituents is 1. The Balaban J connectivity index is 3.24. The average Bonchev–Trinajstić information content (AvgIpc) is 2.13. The number of hydrogen-bond donors (Lipinski definition) is 3. The number of carbonyl (C=O) groups is 1. The smallest absolute Gasteiger partial charge is 0.325 e. The van der Waals surface area contributed by atoms with Gasteiger partial charge in [0.2, 0.25) is 0 Å². The Morgan fingerprint density at radius 1 is 1.57 bits per heavy atom. The molecule has 76 valence electrons. The average molecular weight is 220 g/mol. The van der Waals surface area contributed by atoms with E-state index >= 15 is 0 Å². The molecule has 6 heteroatoms. The summed E-state index contributed by atoms with van der Waals surface area (Å²) in [6.07, 6.45) is 0. The number of rotatable bonds is 2. The lowest BCUT2D eigenvalue weighted by Gasteiger charge is -2.09. The van der Waals surface area contributed by atoms with Crippen molar-refractivity contribution in [2.24, 2.45) is 5.73 Å². The first-order valence-electron chi connectivity index (χ1n) is 3.60. The van der Waals surface area contributed by atoms with Gasteiger partial charge >= 0.3 is 5.97 Å². The van der Waals surface area contributed by atoms with Crippen molar-refractivity contribution in [2.45, 2.75) is 6.04 Å². The van der Waals surface area contributed by atoms with E-state index in [1.54, 1.807) is 0 Å². The van der Waals surface area contributed by atoms with Gasteiger partial charge in [-0.05, 0) is 6.07 Å². The maximum Gasteiger partial charge on any atom is 0.325 e. The molecule has 0 radical (unpaired) electrons. The third-order valence-electron chi connectivity index (χ3n) is 1.70. The summed E-state index contributed by atoms with van der Waals surface area (Å²) in [5.74, 6) is -3.25. The van der Waals surface area contributed by atoms with E-state index in [1.165, 1.54) is 6.07 Å². The van der Waals surface area contributed by atoms with E-state index in [1.807, 2.05) is 0 Å². The van der Waals surface area contributed by atoms with Crippen LogP contribution < -0.4 is 5.73 Å². The summed E-state index contributed by atoms with van der Waals surface area (Å²) >= 11 is 5.35. The highest BCUT2D eigenvalue weighted by Crippen LogP contribution is 2.30. The van der Waals surface area contributed by atoms with Crippen molar-refractivity contribution in [3.05, 3.63) is 28.5 Å². The fraction of sp³-hybridized carbons (Fsp3) is 0.125. The first kappa shape index (κ1) is 10.7. The molecule has 1 aromatic rings. The molecule has 0 aliphatic heterocycles. The van der Waals surface area contributed by atoms with Crippen molar-refractivity contribution in [1.29, 1.82) is 0 Å². The summed E-state index contributed by atoms with van der Waals surface area (Å²) < 4.78 is 13.0. The number of aliphatic carboxylic acids is 1. The molecular formula is C8H7ClFNO3. The number of phenols is 1. The minimum atomic E-state index is -1.47. The highest BCUT2D eigenvalue weighted by molar-refractivity contribution is 6.30. The molecule has 14 heavy (non-hydrogen) atoms. The molecule has 0 saturated heterocycles. The van der Waals surface area contributed by atoms with E-state index in [4.69, 9.17) is 22.4 Å². The number of aromatic hydroxyl groups is 1. The quantitative estimate of drug-likeness (QED) is 0.699. The van der Waals surface area contributed by atoms with Gasteiger partial charge in [-0.3, -0.25) is 4.79 Å². The predicted octanol–water partition coefficient (Wildman–Crippen LogP) is 1.27. The second-order valence-electron chi connectivity index (χ2n) is 2.62. The Kier molecular flexibility index (Phi) is 2.93. The zero-order chi connectivity index (χ0) is 10.9. The van der Waals surface area contributed by atoms with Gasteiger partial charge in [0.1, 0.15) is 6.04 Å². The van der Waals surface area contributed by atoms with E-state index in [0.29, 0.717) is 0 Å². The molecule has 0 amide bonds. The van der Waals surface area contributed by atoms with Gasteiger partial charge in [-0.25, -0.2) is 4.39 Å². The minimum Gasteiger partial charge on any atom is -0.505 e. The normalized spacial score (nSPS) is 12.5. The molecule has 4 N–H and O–H groups in total. The van der Waals surface area contributed by atoms with Crippen LogP contribution in [0.15, 0.2) is 12.1 Å². The third kappa shape index (κ3) is 1.78. The first-order valence-corrected chi connectivity index (χ1v) is 3.98. The Morgan fingerprint density at radius 3 is 2.64 bits per heavy atom. The standard InChI is InChI=1S/C8H7ClFNO3/c9-4-2-1-3(6(11)8(13)14)7(12)5(4)10/h1-2,6,12H,11H2,(H,13,14)/t6-/m0/s1. The number of benzene rings is 1. The molecule has 4 nitrogen and oxygen atoms in total. The summed E-state index contributed by atoms with van der Waals surface area (Å²) in [5.41, 5.74) is 4.98. The molecular weight excluding hydrogens is 213 g/mol. The fourth-order valence-corrected chi connectivity index (χ4v) is 1.09. The summed E-state index contributed by atoms with van der Waals surface area (Å²) in [5, 5.41) is 17.4. The van der Waals surface area contributed by atoms with E-state index in [2.05, 4.69) is 0 Å². The third-order valence-corrected chi connectivity index (χ3v) is 1.99. The van der Waals surface area contributed by atoms with E-state index in [-0.39, 0.29) is 10.6 Å². The molecule has 0 aromatic heterocycles. The number of hydrogen-bond acceptors (Lipinski definition) is 3. The lowest BCUT2D eigenvalue weighted by molar-refractivity contribution is -0.138. The molecule has 0 aliphatic carbocycles. The molecule has 1 aromatic carbocycles. The van der Waals surface area contributed by atoms with Gasteiger partial charge in [-0.2, -0.15) is 0 Å². The minimum absolute atomic E-state index is 0.209. The van der Waals surface area contributed by atoms with Gasteiger partial charge < -0.3 is 15.9 Å². The maximum absolute atomic E-state index is 13.0. The fourth-order valence-electron chi connectivity index (χ4n) is 0.939. The van der Waals surface area contributed by atoms with E-state index in [0.717, 1.165) is 6.07 Å². The topological polar surface area (TPSA) is 83.6 Å². The molecule has 0 spiro atoms. The van der Waals surface area contributed by atoms with Crippen molar-refractivity contribution in [2.75, 3.05) is 0 Å². The Bertz CT molecular complexity index is 383. The van der Waals surface area contributed by atoms with Crippen LogP contribution >= 0.6 is 11.6 Å². The largest absolute Gasteiger partial charge is 0.505 e. The van der Waals surface area contributed by atoms with E-state index in [9.17, 15) is 14.3 Å². The molecule has 0 aliphatic rings. The second-order valence-corrected chi connectivity index (χ2v) is 3.02. The van der Waals surface area contributed by atoms with Gasteiger partial charge in [0.05, 0.1) is 5.02 Å². The van der Waals surface area contributed by atoms with Crippen molar-refractivity contribution < 1.29 is 19.4 Å². The van der Waals surface area contributed by atoms with Crippen LogP contribution in [-0.4, -0.2) is 16.2 Å². The van der Waals surface area contributed by atoms with Crippen LogP contribution in [0.2, 0.25) is 5.02 Å². The molecule has 1 rings (SSSR count). The Labute approximate surface area is 83.7 Å². The Hall–Kier alpha value is -1.33. The van der Waals surface area contributed by atoms with Gasteiger partial charge in [0.15, 0.2) is 11.6 Å². The van der Waals surface area contributed by atoms with Crippen molar-refractivity contribution in [1.82, 2.24) is 0 Å². The highest BCUT2D eigenvalue weighted by Gasteiger charge is 2.21. The maximum atomic E-state index is 13.0. The van der Waals surface area contributed by atoms with Gasteiger partial charge in [-0.15, -0.1) is 0 Å². The van der Waals surface area contributed by atoms with Crippen LogP contribution in [0, 0.1) is 5.82 Å². The predicted molar refractivity (Wildman–Crippen MR) is 47.6 cm³/mol. The zero-order valence-electron chi connectivity index (χ0n) is 6.87. The molecule has 0 heterocycles. The number of carboxylic acid groups (broad SMARTS) is 1. The Morgan fingerprint density at radius 2 is 2.14 bits per heavy atom. The molecule has 1 atom stereocenters. The van der Waals surface area contributed by atoms with Gasteiger partial charge in [0.25, 0.3) is 0 Å². The number of nitrogens with two attached hydrogens (primary N) is 1. The zero-order valence-corrected chi connectivity index (χ0v) is 7.62. The highest BCUT2D eigenvalue weighted by atomic mass is 35.5. The summed E-state index contributed by atoms with van der Waals surface area (Å²) in [6.45, 7) is 0. The van der Waals surface area contributed by atoms with Crippen molar-refractivity contribution in [3.63, 3.8) is 0 Å². The van der Waals surface area contributed by atoms with Crippen LogP contribution in [0.5, 0.6) is 5.75 Å². The van der Waals surface area contributed by atoms with E-state index < -0.39 is 23.6 Å². The lowest BCUT2D eigenvalue weighted by Crippen LogP contribution is -2.20. The summed E-state index contributed by atoms with van der Waals surface area (Å²) in [6, 6.07) is 0.829. The van der Waals surface area contributed by atoms with Crippen LogP contribution in [0.1, 0.15) is 11.6 Å². The number of carboxylic acids is 1. The van der Waals surface area contributed by atoms with Crippen LogP contribution in [0.3, 0.4) is 0 Å². The molecule has 0 fully saturated rings. The molecule has 0 saturated carbocycles. The summed E-state index contributed by atoms with van der Waals surface area (Å²) in [7, 11) is 0. The monoisotopic (exact) mass is 219 g/mol. The second kappa shape index (κ2) is 3.81. The van der Waals surface area contributed by atoms with Crippen LogP contribution in [0.25, 0.3) is 0 Å². The lowest BCUT2D eigenvalue weighted by atomic mass is 10.1. The molecule has 0 bridgehead atoms. The molecule has 0 unspecified atom stereocenters. The van der Waals surface area contributed by atoms with Crippen molar-refractivity contribution >= 4 is 17.6 Å².